The summed E-state index contributed by atoms with van der Waals surface area (Å²) in [6, 6.07) is 1.40. The Bertz CT molecular complexity index is 187. The van der Waals surface area contributed by atoms with Gasteiger partial charge in [-0.3, -0.25) is 4.90 Å². The highest BCUT2D eigenvalue weighted by Gasteiger charge is 2.28. The van der Waals surface area contributed by atoms with Crippen molar-refractivity contribution < 1.29 is 0 Å². The zero-order valence-corrected chi connectivity index (χ0v) is 12.1. The minimum atomic E-state index is 0.676. The van der Waals surface area contributed by atoms with E-state index in [-0.39, 0.29) is 0 Å². The molecule has 0 radical (unpaired) electrons. The summed E-state index contributed by atoms with van der Waals surface area (Å²) in [5.41, 5.74) is 0. The second-order valence-corrected chi connectivity index (χ2v) is 6.45. The predicted octanol–water partition coefficient (Wildman–Crippen LogP) is 2.59. The topological polar surface area (TPSA) is 15.3 Å². The summed E-state index contributed by atoms with van der Waals surface area (Å²) in [6.45, 7) is 12.9. The predicted molar refractivity (Wildman–Crippen MR) is 75.3 cm³/mol. The first-order valence-electron chi connectivity index (χ1n) is 6.74. The average Bonchev–Trinajstić information content (AvgIpc) is 2.28. The van der Waals surface area contributed by atoms with E-state index in [9.17, 15) is 0 Å². The lowest BCUT2D eigenvalue weighted by Gasteiger charge is -2.41. The summed E-state index contributed by atoms with van der Waals surface area (Å²) in [4.78, 5) is 2.67. The number of rotatable bonds is 6. The Balaban J connectivity index is 2.26. The molecule has 2 nitrogen and oxygen atoms in total. The van der Waals surface area contributed by atoms with Crippen molar-refractivity contribution in [2.75, 3.05) is 25.4 Å². The van der Waals surface area contributed by atoms with Crippen LogP contribution in [-0.2, 0) is 0 Å². The first kappa shape index (κ1) is 14.3. The summed E-state index contributed by atoms with van der Waals surface area (Å²) in [7, 11) is 0. The molecule has 0 bridgehead atoms. The van der Waals surface area contributed by atoms with E-state index in [2.05, 4.69) is 49.7 Å². The van der Waals surface area contributed by atoms with Crippen LogP contribution >= 0.6 is 11.8 Å². The van der Waals surface area contributed by atoms with Crippen LogP contribution < -0.4 is 5.32 Å². The molecule has 1 rings (SSSR count). The maximum Gasteiger partial charge on any atom is 0.0195 e. The Hall–Kier alpha value is 0.270. The van der Waals surface area contributed by atoms with Gasteiger partial charge in [-0.15, -0.1) is 0 Å². The summed E-state index contributed by atoms with van der Waals surface area (Å²) in [5.74, 6) is 1.30. The summed E-state index contributed by atoms with van der Waals surface area (Å²) in [5, 5.41) is 4.35. The van der Waals surface area contributed by atoms with Gasteiger partial charge in [0.2, 0.25) is 0 Å². The Morgan fingerprint density at radius 3 is 2.88 bits per heavy atom. The van der Waals surface area contributed by atoms with Crippen molar-refractivity contribution in [3.8, 4) is 0 Å². The fourth-order valence-electron chi connectivity index (χ4n) is 2.31. The van der Waals surface area contributed by atoms with Gasteiger partial charge in [0.1, 0.15) is 0 Å². The molecule has 0 aliphatic carbocycles. The van der Waals surface area contributed by atoms with Crippen LogP contribution in [0.25, 0.3) is 0 Å². The molecule has 3 heteroatoms. The normalized spacial score (nSPS) is 29.2. The van der Waals surface area contributed by atoms with E-state index in [4.69, 9.17) is 0 Å². The van der Waals surface area contributed by atoms with E-state index in [1.54, 1.807) is 0 Å². The molecule has 0 aromatic heterocycles. The number of hydrogen-bond acceptors (Lipinski definition) is 3. The van der Waals surface area contributed by atoms with Gasteiger partial charge in [-0.1, -0.05) is 20.3 Å². The monoisotopic (exact) mass is 244 g/mol. The van der Waals surface area contributed by atoms with Crippen molar-refractivity contribution in [1.82, 2.24) is 10.2 Å². The third-order valence-corrected chi connectivity index (χ3v) is 4.98. The molecular formula is C13H28N2S. The van der Waals surface area contributed by atoms with E-state index in [0.717, 1.165) is 17.8 Å². The van der Waals surface area contributed by atoms with E-state index in [0.29, 0.717) is 6.04 Å². The van der Waals surface area contributed by atoms with E-state index >= 15 is 0 Å². The van der Waals surface area contributed by atoms with Crippen LogP contribution in [0.3, 0.4) is 0 Å². The summed E-state index contributed by atoms with van der Waals surface area (Å²) < 4.78 is 0. The quantitative estimate of drug-likeness (QED) is 0.723. The standard InChI is InChI=1S/C13H28N2S/c1-5-6-7-14-10-11(2)15-8-9-16-13(4)12(15)3/h11-14H,5-10H2,1-4H3. The molecule has 1 aliphatic heterocycles. The highest BCUT2D eigenvalue weighted by Crippen LogP contribution is 2.25. The number of thioether (sulfide) groups is 1. The van der Waals surface area contributed by atoms with Gasteiger partial charge in [0, 0.05) is 36.2 Å². The van der Waals surface area contributed by atoms with Gasteiger partial charge in [-0.2, -0.15) is 11.8 Å². The maximum atomic E-state index is 3.57. The molecule has 3 atom stereocenters. The van der Waals surface area contributed by atoms with Crippen LogP contribution in [0.15, 0.2) is 0 Å². The molecule has 0 amide bonds. The molecule has 0 aromatic carbocycles. The first-order chi connectivity index (χ1) is 7.66. The molecule has 0 aromatic rings. The van der Waals surface area contributed by atoms with Crippen molar-refractivity contribution >= 4 is 11.8 Å². The number of hydrogen-bond donors (Lipinski definition) is 1. The third-order valence-electron chi connectivity index (χ3n) is 3.65. The van der Waals surface area contributed by atoms with Crippen molar-refractivity contribution in [1.29, 1.82) is 0 Å². The highest BCUT2D eigenvalue weighted by molar-refractivity contribution is 8.00. The van der Waals surface area contributed by atoms with Gasteiger partial charge in [0.25, 0.3) is 0 Å². The van der Waals surface area contributed by atoms with E-state index in [1.807, 2.05) is 0 Å². The van der Waals surface area contributed by atoms with Crippen LogP contribution in [0.1, 0.15) is 40.5 Å². The minimum Gasteiger partial charge on any atom is -0.315 e. The molecule has 1 N–H and O–H groups in total. The van der Waals surface area contributed by atoms with Crippen molar-refractivity contribution in [2.24, 2.45) is 0 Å². The van der Waals surface area contributed by atoms with Crippen molar-refractivity contribution in [2.45, 2.75) is 57.9 Å². The van der Waals surface area contributed by atoms with E-state index < -0.39 is 0 Å². The van der Waals surface area contributed by atoms with Gasteiger partial charge in [0.05, 0.1) is 0 Å². The van der Waals surface area contributed by atoms with Gasteiger partial charge in [-0.05, 0) is 26.8 Å². The molecule has 1 fully saturated rings. The average molecular weight is 244 g/mol. The molecule has 16 heavy (non-hydrogen) atoms. The fourth-order valence-corrected chi connectivity index (χ4v) is 3.43. The summed E-state index contributed by atoms with van der Waals surface area (Å²) in [6.07, 6.45) is 2.59. The highest BCUT2D eigenvalue weighted by atomic mass is 32.2. The van der Waals surface area contributed by atoms with Crippen LogP contribution in [0.4, 0.5) is 0 Å². The lowest BCUT2D eigenvalue weighted by Crippen LogP contribution is -2.52. The fraction of sp³-hybridized carbons (Fsp3) is 1.00. The Morgan fingerprint density at radius 2 is 2.19 bits per heavy atom. The Kier molecular flexibility index (Phi) is 6.78. The SMILES string of the molecule is CCCCNCC(C)N1CCSC(C)C1C. The maximum absolute atomic E-state index is 3.57. The van der Waals surface area contributed by atoms with Crippen LogP contribution in [0.2, 0.25) is 0 Å². The number of nitrogens with zero attached hydrogens (tertiary/aromatic N) is 1. The summed E-state index contributed by atoms with van der Waals surface area (Å²) >= 11 is 2.12. The molecule has 1 aliphatic rings. The lowest BCUT2D eigenvalue weighted by molar-refractivity contribution is 0.154. The second-order valence-electron chi connectivity index (χ2n) is 4.96. The molecular weight excluding hydrogens is 216 g/mol. The second kappa shape index (κ2) is 7.57. The lowest BCUT2D eigenvalue weighted by atomic mass is 10.1. The zero-order chi connectivity index (χ0) is 12.0. The van der Waals surface area contributed by atoms with Crippen molar-refractivity contribution in [3.05, 3.63) is 0 Å². The van der Waals surface area contributed by atoms with Gasteiger partial charge < -0.3 is 5.32 Å². The van der Waals surface area contributed by atoms with Crippen LogP contribution in [0.5, 0.6) is 0 Å². The zero-order valence-electron chi connectivity index (χ0n) is 11.3. The van der Waals surface area contributed by atoms with Crippen LogP contribution in [-0.4, -0.2) is 47.6 Å². The van der Waals surface area contributed by atoms with Crippen LogP contribution in [0, 0.1) is 0 Å². The van der Waals surface area contributed by atoms with Gasteiger partial charge in [-0.25, -0.2) is 0 Å². The third kappa shape index (κ3) is 4.27. The molecule has 1 saturated heterocycles. The Labute approximate surface area is 106 Å². The van der Waals surface area contributed by atoms with Crippen molar-refractivity contribution in [3.63, 3.8) is 0 Å². The van der Waals surface area contributed by atoms with Gasteiger partial charge in [0.15, 0.2) is 0 Å². The molecule has 3 unspecified atom stereocenters. The first-order valence-corrected chi connectivity index (χ1v) is 7.79. The number of nitrogens with one attached hydrogen (secondary N) is 1. The smallest absolute Gasteiger partial charge is 0.0195 e. The molecule has 96 valence electrons. The molecule has 1 heterocycles. The molecule has 0 saturated carbocycles. The minimum absolute atomic E-state index is 0.676. The molecule has 0 spiro atoms. The van der Waals surface area contributed by atoms with Gasteiger partial charge >= 0.3 is 0 Å². The largest absolute Gasteiger partial charge is 0.315 e. The van der Waals surface area contributed by atoms with E-state index in [1.165, 1.54) is 31.7 Å². The number of unbranched alkanes of at least 4 members (excludes halogenated alkanes) is 1. The Morgan fingerprint density at radius 1 is 1.44 bits per heavy atom.